The Morgan fingerprint density at radius 1 is 1.09 bits per heavy atom. The highest BCUT2D eigenvalue weighted by Gasteiger charge is 2.12. The molecular formula is C18H22N4. The van der Waals surface area contributed by atoms with E-state index in [1.165, 1.54) is 11.1 Å². The molecule has 0 aliphatic heterocycles. The molecule has 0 bridgehead atoms. The zero-order chi connectivity index (χ0) is 15.7. The third-order valence-corrected chi connectivity index (χ3v) is 3.84. The molecule has 1 aromatic heterocycles. The van der Waals surface area contributed by atoms with E-state index in [0.29, 0.717) is 0 Å². The molecule has 114 valence electrons. The molecule has 0 unspecified atom stereocenters. The first-order valence-corrected chi connectivity index (χ1v) is 7.52. The SMILES string of the molecule is Cc1ccc2c(c1)nc(-c1ccc(N)cc1)n2CCN(C)C. The highest BCUT2D eigenvalue weighted by molar-refractivity contribution is 5.81. The van der Waals surface area contributed by atoms with E-state index in [9.17, 15) is 0 Å². The molecule has 0 saturated carbocycles. The maximum absolute atomic E-state index is 5.80. The van der Waals surface area contributed by atoms with Crippen LogP contribution in [0, 0.1) is 6.92 Å². The van der Waals surface area contributed by atoms with Gasteiger partial charge in [0.1, 0.15) is 5.82 Å². The van der Waals surface area contributed by atoms with Gasteiger partial charge in [0.25, 0.3) is 0 Å². The van der Waals surface area contributed by atoms with Crippen molar-refractivity contribution in [3.8, 4) is 11.4 Å². The maximum atomic E-state index is 5.80. The average molecular weight is 294 g/mol. The van der Waals surface area contributed by atoms with Gasteiger partial charge >= 0.3 is 0 Å². The predicted octanol–water partition coefficient (Wildman–Crippen LogP) is 3.16. The van der Waals surface area contributed by atoms with Crippen LogP contribution >= 0.6 is 0 Å². The van der Waals surface area contributed by atoms with Crippen molar-refractivity contribution in [2.24, 2.45) is 0 Å². The van der Waals surface area contributed by atoms with Crippen molar-refractivity contribution < 1.29 is 0 Å². The molecule has 0 fully saturated rings. The summed E-state index contributed by atoms with van der Waals surface area (Å²) in [4.78, 5) is 7.04. The molecule has 4 heteroatoms. The Kier molecular flexibility index (Phi) is 3.86. The van der Waals surface area contributed by atoms with Gasteiger partial charge in [-0.25, -0.2) is 4.98 Å². The lowest BCUT2D eigenvalue weighted by atomic mass is 10.2. The van der Waals surface area contributed by atoms with Crippen LogP contribution < -0.4 is 5.73 Å². The predicted molar refractivity (Wildman–Crippen MR) is 92.9 cm³/mol. The van der Waals surface area contributed by atoms with Crippen LogP contribution in [0.5, 0.6) is 0 Å². The van der Waals surface area contributed by atoms with Crippen molar-refractivity contribution in [3.63, 3.8) is 0 Å². The number of nitrogens with two attached hydrogens (primary N) is 1. The Bertz CT molecular complexity index is 785. The van der Waals surface area contributed by atoms with Crippen LogP contribution in [0.3, 0.4) is 0 Å². The van der Waals surface area contributed by atoms with E-state index in [4.69, 9.17) is 10.7 Å². The minimum absolute atomic E-state index is 0.774. The van der Waals surface area contributed by atoms with Crippen LogP contribution in [0.4, 0.5) is 5.69 Å². The van der Waals surface area contributed by atoms with E-state index in [2.05, 4.69) is 48.7 Å². The molecule has 2 aromatic carbocycles. The number of hydrogen-bond acceptors (Lipinski definition) is 3. The van der Waals surface area contributed by atoms with Gasteiger partial charge in [-0.05, 0) is 63.0 Å². The minimum atomic E-state index is 0.774. The molecule has 0 atom stereocenters. The van der Waals surface area contributed by atoms with E-state index in [-0.39, 0.29) is 0 Å². The van der Waals surface area contributed by atoms with Gasteiger partial charge in [-0.3, -0.25) is 0 Å². The highest BCUT2D eigenvalue weighted by Crippen LogP contribution is 2.26. The number of likely N-dealkylation sites (N-methyl/N-ethyl adjacent to an activating group) is 1. The van der Waals surface area contributed by atoms with Crippen LogP contribution in [0.25, 0.3) is 22.4 Å². The maximum Gasteiger partial charge on any atom is 0.141 e. The molecule has 0 radical (unpaired) electrons. The normalized spacial score (nSPS) is 11.5. The minimum Gasteiger partial charge on any atom is -0.399 e. The zero-order valence-corrected chi connectivity index (χ0v) is 13.4. The monoisotopic (exact) mass is 294 g/mol. The Morgan fingerprint density at radius 3 is 2.50 bits per heavy atom. The number of anilines is 1. The van der Waals surface area contributed by atoms with Gasteiger partial charge in [-0.2, -0.15) is 0 Å². The number of fused-ring (bicyclic) bond motifs is 1. The Hall–Kier alpha value is -2.33. The fourth-order valence-electron chi connectivity index (χ4n) is 2.62. The molecule has 0 aliphatic carbocycles. The second-order valence-corrected chi connectivity index (χ2v) is 6.00. The van der Waals surface area contributed by atoms with Crippen LogP contribution in [-0.4, -0.2) is 35.1 Å². The first-order valence-electron chi connectivity index (χ1n) is 7.52. The topological polar surface area (TPSA) is 47.1 Å². The summed E-state index contributed by atoms with van der Waals surface area (Å²) in [6.07, 6.45) is 0. The largest absolute Gasteiger partial charge is 0.399 e. The van der Waals surface area contributed by atoms with Crippen LogP contribution in [0.2, 0.25) is 0 Å². The van der Waals surface area contributed by atoms with Crippen molar-refractivity contribution in [2.75, 3.05) is 26.4 Å². The second-order valence-electron chi connectivity index (χ2n) is 6.00. The Morgan fingerprint density at radius 2 is 1.82 bits per heavy atom. The molecule has 1 heterocycles. The summed E-state index contributed by atoms with van der Waals surface area (Å²) in [6.45, 7) is 3.98. The van der Waals surface area contributed by atoms with Gasteiger partial charge < -0.3 is 15.2 Å². The number of rotatable bonds is 4. The molecule has 0 aliphatic rings. The van der Waals surface area contributed by atoms with Crippen LogP contribution in [0.15, 0.2) is 42.5 Å². The summed E-state index contributed by atoms with van der Waals surface area (Å²) in [7, 11) is 4.18. The second kappa shape index (κ2) is 5.81. The number of imidazole rings is 1. The molecule has 0 spiro atoms. The van der Waals surface area contributed by atoms with E-state index >= 15 is 0 Å². The first kappa shape index (κ1) is 14.6. The van der Waals surface area contributed by atoms with Crippen molar-refractivity contribution in [1.29, 1.82) is 0 Å². The Labute approximate surface area is 131 Å². The van der Waals surface area contributed by atoms with Gasteiger partial charge in [0.15, 0.2) is 0 Å². The van der Waals surface area contributed by atoms with E-state index < -0.39 is 0 Å². The number of aryl methyl sites for hydroxylation is 1. The summed E-state index contributed by atoms with van der Waals surface area (Å²) in [5.74, 6) is 1.00. The molecule has 4 nitrogen and oxygen atoms in total. The van der Waals surface area contributed by atoms with Crippen LogP contribution in [0.1, 0.15) is 5.56 Å². The van der Waals surface area contributed by atoms with Gasteiger partial charge in [0.2, 0.25) is 0 Å². The number of nitrogen functional groups attached to an aromatic ring is 1. The molecular weight excluding hydrogens is 272 g/mol. The Balaban J connectivity index is 2.14. The smallest absolute Gasteiger partial charge is 0.141 e. The molecule has 3 rings (SSSR count). The third kappa shape index (κ3) is 2.83. The molecule has 22 heavy (non-hydrogen) atoms. The van der Waals surface area contributed by atoms with E-state index in [1.54, 1.807) is 0 Å². The summed E-state index contributed by atoms with van der Waals surface area (Å²) < 4.78 is 2.29. The van der Waals surface area contributed by atoms with Gasteiger partial charge in [0, 0.05) is 24.3 Å². The summed E-state index contributed by atoms with van der Waals surface area (Å²) >= 11 is 0. The first-order chi connectivity index (χ1) is 10.5. The lowest BCUT2D eigenvalue weighted by Gasteiger charge is -2.13. The number of nitrogens with zero attached hydrogens (tertiary/aromatic N) is 3. The molecule has 0 saturated heterocycles. The number of hydrogen-bond donors (Lipinski definition) is 1. The van der Waals surface area contributed by atoms with Crippen molar-refractivity contribution in [3.05, 3.63) is 48.0 Å². The van der Waals surface area contributed by atoms with Crippen LogP contribution in [-0.2, 0) is 6.54 Å². The summed E-state index contributed by atoms with van der Waals surface area (Å²) in [5, 5.41) is 0. The highest BCUT2D eigenvalue weighted by atomic mass is 15.1. The quantitative estimate of drug-likeness (QED) is 0.752. The lowest BCUT2D eigenvalue weighted by Crippen LogP contribution is -2.18. The lowest BCUT2D eigenvalue weighted by molar-refractivity contribution is 0.387. The van der Waals surface area contributed by atoms with Crippen molar-refractivity contribution in [1.82, 2.24) is 14.5 Å². The standard InChI is InChI=1S/C18H22N4/c1-13-4-9-17-16(12-13)20-18(22(17)11-10-21(2)3)14-5-7-15(19)8-6-14/h4-9,12H,10-11,19H2,1-3H3. The average Bonchev–Trinajstić information content (AvgIpc) is 2.83. The molecule has 0 amide bonds. The van der Waals surface area contributed by atoms with Crippen molar-refractivity contribution in [2.45, 2.75) is 13.5 Å². The summed E-state index contributed by atoms with van der Waals surface area (Å²) in [5.41, 5.74) is 11.1. The summed E-state index contributed by atoms with van der Waals surface area (Å²) in [6, 6.07) is 14.4. The van der Waals surface area contributed by atoms with Crippen molar-refractivity contribution >= 4 is 16.7 Å². The number of aromatic nitrogens is 2. The zero-order valence-electron chi connectivity index (χ0n) is 13.4. The van der Waals surface area contributed by atoms with Gasteiger partial charge in [0.05, 0.1) is 11.0 Å². The fourth-order valence-corrected chi connectivity index (χ4v) is 2.62. The fraction of sp³-hybridized carbons (Fsp3) is 0.278. The molecule has 2 N–H and O–H groups in total. The van der Waals surface area contributed by atoms with E-state index in [0.717, 1.165) is 35.7 Å². The molecule has 3 aromatic rings. The number of benzene rings is 2. The van der Waals surface area contributed by atoms with Gasteiger partial charge in [-0.15, -0.1) is 0 Å². The third-order valence-electron chi connectivity index (χ3n) is 3.84. The van der Waals surface area contributed by atoms with E-state index in [1.807, 2.05) is 24.3 Å². The van der Waals surface area contributed by atoms with Gasteiger partial charge in [-0.1, -0.05) is 6.07 Å².